The zero-order valence-corrected chi connectivity index (χ0v) is 8.97. The Bertz CT molecular complexity index is 199. The van der Waals surface area contributed by atoms with Gasteiger partial charge in [-0.15, -0.1) is 6.58 Å². The van der Waals surface area contributed by atoms with Crippen molar-refractivity contribution in [3.8, 4) is 0 Å². The first-order valence-corrected chi connectivity index (χ1v) is 4.55. The molecular weight excluding hydrogens is 160 g/mol. The van der Waals surface area contributed by atoms with E-state index in [0.717, 1.165) is 6.42 Å². The topological polar surface area (TPSA) is 9.23 Å². The van der Waals surface area contributed by atoms with Gasteiger partial charge in [-0.25, -0.2) is 0 Å². The minimum atomic E-state index is 0.187. The molecule has 0 rings (SSSR count). The van der Waals surface area contributed by atoms with Crippen LogP contribution in [0.3, 0.4) is 0 Å². The quantitative estimate of drug-likeness (QED) is 0.344. The van der Waals surface area contributed by atoms with Crippen LogP contribution >= 0.6 is 0 Å². The molecule has 0 N–H and O–H groups in total. The molecule has 0 aromatic rings. The molecule has 0 bridgehead atoms. The number of hydrogen-bond acceptors (Lipinski definition) is 1. The van der Waals surface area contributed by atoms with Gasteiger partial charge in [-0.1, -0.05) is 32.1 Å². The van der Waals surface area contributed by atoms with Gasteiger partial charge < -0.3 is 4.74 Å². The summed E-state index contributed by atoms with van der Waals surface area (Å²) in [6.07, 6.45) is 6.49. The van der Waals surface area contributed by atoms with Gasteiger partial charge in [0.1, 0.15) is 6.61 Å². The standard InChI is InChI=1S/C12H20O/c1-6-9-12(4,5)11(3)8-10-13-7-2/h6-8H,1-2,9-10H2,3-5H3. The molecule has 0 fully saturated rings. The molecule has 1 heteroatoms. The average molecular weight is 180 g/mol. The van der Waals surface area contributed by atoms with E-state index in [4.69, 9.17) is 4.74 Å². The second kappa shape index (κ2) is 5.63. The van der Waals surface area contributed by atoms with Crippen molar-refractivity contribution in [2.45, 2.75) is 27.2 Å². The van der Waals surface area contributed by atoms with Crippen LogP contribution in [0.15, 0.2) is 37.1 Å². The van der Waals surface area contributed by atoms with Crippen LogP contribution in [0.4, 0.5) is 0 Å². The lowest BCUT2D eigenvalue weighted by atomic mass is 9.82. The van der Waals surface area contributed by atoms with Crippen molar-refractivity contribution in [1.82, 2.24) is 0 Å². The highest BCUT2D eigenvalue weighted by atomic mass is 16.5. The highest BCUT2D eigenvalue weighted by Crippen LogP contribution is 2.29. The highest BCUT2D eigenvalue weighted by molar-refractivity contribution is 5.10. The molecule has 0 aliphatic carbocycles. The molecule has 0 radical (unpaired) electrons. The Morgan fingerprint density at radius 2 is 2.00 bits per heavy atom. The molecule has 0 aliphatic rings. The number of hydrogen-bond donors (Lipinski definition) is 0. The molecule has 0 heterocycles. The third kappa shape index (κ3) is 4.56. The summed E-state index contributed by atoms with van der Waals surface area (Å²) >= 11 is 0. The SMILES string of the molecule is C=CCC(C)(C)C(C)=CCOC=C. The molecule has 0 unspecified atom stereocenters. The zero-order valence-electron chi connectivity index (χ0n) is 8.97. The predicted molar refractivity (Wildman–Crippen MR) is 58.5 cm³/mol. The second-order valence-electron chi connectivity index (χ2n) is 3.76. The van der Waals surface area contributed by atoms with Crippen LogP contribution in [0.2, 0.25) is 0 Å². The molecule has 0 atom stereocenters. The Morgan fingerprint density at radius 1 is 1.38 bits per heavy atom. The second-order valence-corrected chi connectivity index (χ2v) is 3.76. The normalized spacial score (nSPS) is 12.4. The van der Waals surface area contributed by atoms with Gasteiger partial charge in [0.2, 0.25) is 0 Å². The predicted octanol–water partition coefficient (Wildman–Crippen LogP) is 3.70. The van der Waals surface area contributed by atoms with Crippen LogP contribution in [-0.2, 0) is 4.74 Å². The van der Waals surface area contributed by atoms with Crippen molar-refractivity contribution >= 4 is 0 Å². The minimum Gasteiger partial charge on any atom is -0.498 e. The zero-order chi connectivity index (χ0) is 10.3. The summed E-state index contributed by atoms with van der Waals surface area (Å²) in [7, 11) is 0. The van der Waals surface area contributed by atoms with Crippen LogP contribution in [-0.4, -0.2) is 6.61 Å². The van der Waals surface area contributed by atoms with Crippen LogP contribution < -0.4 is 0 Å². The molecule has 0 aliphatic heterocycles. The Hall–Kier alpha value is -0.980. The first-order chi connectivity index (χ1) is 6.04. The van der Waals surface area contributed by atoms with Gasteiger partial charge in [-0.3, -0.25) is 0 Å². The molecule has 0 aromatic heterocycles. The Balaban J connectivity index is 4.19. The van der Waals surface area contributed by atoms with Crippen molar-refractivity contribution < 1.29 is 4.74 Å². The van der Waals surface area contributed by atoms with Crippen molar-refractivity contribution in [2.75, 3.05) is 6.61 Å². The Morgan fingerprint density at radius 3 is 2.46 bits per heavy atom. The van der Waals surface area contributed by atoms with E-state index in [1.165, 1.54) is 11.8 Å². The van der Waals surface area contributed by atoms with E-state index in [2.05, 4.69) is 40.0 Å². The lowest BCUT2D eigenvalue weighted by molar-refractivity contribution is 0.287. The maximum Gasteiger partial charge on any atom is 0.106 e. The summed E-state index contributed by atoms with van der Waals surface area (Å²) in [5, 5.41) is 0. The number of allylic oxidation sites excluding steroid dienone is 2. The molecule has 0 saturated heterocycles. The number of rotatable bonds is 6. The Kier molecular flexibility index (Phi) is 5.20. The minimum absolute atomic E-state index is 0.187. The summed E-state index contributed by atoms with van der Waals surface area (Å²) in [6, 6.07) is 0. The summed E-state index contributed by atoms with van der Waals surface area (Å²) in [6.45, 7) is 14.4. The van der Waals surface area contributed by atoms with E-state index in [0.29, 0.717) is 6.61 Å². The fourth-order valence-corrected chi connectivity index (χ4v) is 1.04. The summed E-state index contributed by atoms with van der Waals surface area (Å²) < 4.78 is 5.04. The fourth-order valence-electron chi connectivity index (χ4n) is 1.04. The van der Waals surface area contributed by atoms with E-state index in [-0.39, 0.29) is 5.41 Å². The van der Waals surface area contributed by atoms with Gasteiger partial charge >= 0.3 is 0 Å². The fraction of sp³-hybridized carbons (Fsp3) is 0.500. The van der Waals surface area contributed by atoms with Gasteiger partial charge in [0.25, 0.3) is 0 Å². The lowest BCUT2D eigenvalue weighted by Gasteiger charge is -2.24. The third-order valence-electron chi connectivity index (χ3n) is 2.33. The molecule has 0 aromatic carbocycles. The first kappa shape index (κ1) is 12.0. The smallest absolute Gasteiger partial charge is 0.106 e. The lowest BCUT2D eigenvalue weighted by Crippen LogP contribution is -2.12. The van der Waals surface area contributed by atoms with Crippen LogP contribution in [0, 0.1) is 5.41 Å². The molecule has 0 spiro atoms. The first-order valence-electron chi connectivity index (χ1n) is 4.55. The van der Waals surface area contributed by atoms with E-state index in [1.54, 1.807) is 0 Å². The van der Waals surface area contributed by atoms with Crippen molar-refractivity contribution in [3.05, 3.63) is 37.1 Å². The maximum atomic E-state index is 5.04. The summed E-state index contributed by atoms with van der Waals surface area (Å²) in [5.41, 5.74) is 1.51. The third-order valence-corrected chi connectivity index (χ3v) is 2.33. The molecular formula is C12H20O. The molecule has 0 saturated carbocycles. The van der Waals surface area contributed by atoms with Crippen LogP contribution in [0.5, 0.6) is 0 Å². The molecule has 0 amide bonds. The van der Waals surface area contributed by atoms with Gasteiger partial charge in [-0.05, 0) is 24.8 Å². The molecule has 13 heavy (non-hydrogen) atoms. The summed E-state index contributed by atoms with van der Waals surface area (Å²) in [4.78, 5) is 0. The average Bonchev–Trinajstić information content (AvgIpc) is 2.04. The van der Waals surface area contributed by atoms with Gasteiger partial charge in [0, 0.05) is 0 Å². The van der Waals surface area contributed by atoms with E-state index < -0.39 is 0 Å². The molecule has 1 nitrogen and oxygen atoms in total. The van der Waals surface area contributed by atoms with E-state index >= 15 is 0 Å². The van der Waals surface area contributed by atoms with E-state index in [9.17, 15) is 0 Å². The van der Waals surface area contributed by atoms with E-state index in [1.807, 2.05) is 6.08 Å². The Labute approximate surface area is 81.8 Å². The van der Waals surface area contributed by atoms with Crippen LogP contribution in [0.25, 0.3) is 0 Å². The number of ether oxygens (including phenoxy) is 1. The summed E-state index contributed by atoms with van der Waals surface area (Å²) in [5.74, 6) is 0. The van der Waals surface area contributed by atoms with Crippen molar-refractivity contribution in [3.63, 3.8) is 0 Å². The van der Waals surface area contributed by atoms with Crippen molar-refractivity contribution in [2.24, 2.45) is 5.41 Å². The maximum absolute atomic E-state index is 5.04. The van der Waals surface area contributed by atoms with Crippen LogP contribution in [0.1, 0.15) is 27.2 Å². The molecule has 74 valence electrons. The van der Waals surface area contributed by atoms with Gasteiger partial charge in [0.05, 0.1) is 6.26 Å². The largest absolute Gasteiger partial charge is 0.498 e. The monoisotopic (exact) mass is 180 g/mol. The van der Waals surface area contributed by atoms with Gasteiger partial charge in [-0.2, -0.15) is 0 Å². The van der Waals surface area contributed by atoms with Crippen molar-refractivity contribution in [1.29, 1.82) is 0 Å². The highest BCUT2D eigenvalue weighted by Gasteiger charge is 2.17. The van der Waals surface area contributed by atoms with Gasteiger partial charge in [0.15, 0.2) is 0 Å².